The second kappa shape index (κ2) is 4.94. The van der Waals surface area contributed by atoms with Gasteiger partial charge in [0.1, 0.15) is 0 Å². The van der Waals surface area contributed by atoms with E-state index in [1.165, 1.54) is 15.8 Å². The van der Waals surface area contributed by atoms with Crippen LogP contribution in [-0.4, -0.2) is 4.98 Å². The molecule has 2 aromatic carbocycles. The van der Waals surface area contributed by atoms with E-state index in [2.05, 4.69) is 64.3 Å². The van der Waals surface area contributed by atoms with E-state index in [1.807, 2.05) is 12.1 Å². The Balaban J connectivity index is 2.02. The van der Waals surface area contributed by atoms with Gasteiger partial charge in [0, 0.05) is 10.2 Å². The fraction of sp³-hybridized carbons (Fsp3) is 0.133. The molecule has 0 aliphatic carbocycles. The van der Waals surface area contributed by atoms with Crippen molar-refractivity contribution >= 4 is 48.3 Å². The number of anilines is 2. The third-order valence-electron chi connectivity index (χ3n) is 3.13. The number of thiazole rings is 1. The van der Waals surface area contributed by atoms with E-state index >= 15 is 0 Å². The van der Waals surface area contributed by atoms with Crippen LogP contribution in [-0.2, 0) is 0 Å². The smallest absolute Gasteiger partial charge is 0.188 e. The minimum atomic E-state index is 0.936. The number of para-hydroxylation sites is 1. The molecule has 4 heteroatoms. The Bertz CT molecular complexity index is 749. The van der Waals surface area contributed by atoms with Gasteiger partial charge >= 0.3 is 0 Å². The van der Waals surface area contributed by atoms with Crippen molar-refractivity contribution in [2.45, 2.75) is 13.8 Å². The lowest BCUT2D eigenvalue weighted by atomic mass is 10.2. The van der Waals surface area contributed by atoms with E-state index in [-0.39, 0.29) is 0 Å². The van der Waals surface area contributed by atoms with E-state index in [0.717, 1.165) is 20.8 Å². The maximum Gasteiger partial charge on any atom is 0.188 e. The molecule has 0 radical (unpaired) electrons. The standard InChI is InChI=1S/C15H13BrN2S/c1-9-5-3-8-13-14(9)18-15(19-13)17-12-7-4-6-11(16)10(12)2/h3-8H,1-2H3,(H,17,18). The Morgan fingerprint density at radius 3 is 2.68 bits per heavy atom. The SMILES string of the molecule is Cc1c(Br)cccc1Nc1nc2c(C)cccc2s1. The van der Waals surface area contributed by atoms with E-state index in [9.17, 15) is 0 Å². The fourth-order valence-electron chi connectivity index (χ4n) is 2.00. The third-order valence-corrected chi connectivity index (χ3v) is 4.93. The summed E-state index contributed by atoms with van der Waals surface area (Å²) in [4.78, 5) is 4.67. The van der Waals surface area contributed by atoms with Crippen LogP contribution >= 0.6 is 27.3 Å². The molecule has 96 valence electrons. The van der Waals surface area contributed by atoms with Crippen molar-refractivity contribution in [1.82, 2.24) is 4.98 Å². The summed E-state index contributed by atoms with van der Waals surface area (Å²) in [6.07, 6.45) is 0. The molecule has 0 aliphatic heterocycles. The number of hydrogen-bond acceptors (Lipinski definition) is 3. The first-order valence-electron chi connectivity index (χ1n) is 6.03. The minimum absolute atomic E-state index is 0.936. The zero-order valence-electron chi connectivity index (χ0n) is 10.7. The van der Waals surface area contributed by atoms with E-state index < -0.39 is 0 Å². The Hall–Kier alpha value is -1.39. The van der Waals surface area contributed by atoms with Gasteiger partial charge in [0.2, 0.25) is 0 Å². The quantitative estimate of drug-likeness (QED) is 0.677. The number of nitrogens with zero attached hydrogens (tertiary/aromatic N) is 1. The van der Waals surface area contributed by atoms with Gasteiger partial charge in [-0.05, 0) is 43.2 Å². The minimum Gasteiger partial charge on any atom is -0.331 e. The molecule has 0 saturated heterocycles. The first-order valence-corrected chi connectivity index (χ1v) is 7.64. The van der Waals surface area contributed by atoms with Crippen molar-refractivity contribution in [3.8, 4) is 0 Å². The van der Waals surface area contributed by atoms with Gasteiger partial charge in [-0.25, -0.2) is 4.98 Å². The molecular formula is C15H13BrN2S. The Morgan fingerprint density at radius 1 is 1.11 bits per heavy atom. The summed E-state index contributed by atoms with van der Waals surface area (Å²) in [5.74, 6) is 0. The number of halogens is 1. The molecule has 0 fully saturated rings. The molecule has 1 N–H and O–H groups in total. The predicted octanol–water partition coefficient (Wildman–Crippen LogP) is 5.42. The Kier molecular flexibility index (Phi) is 3.29. The summed E-state index contributed by atoms with van der Waals surface area (Å²) in [5, 5.41) is 4.34. The van der Waals surface area contributed by atoms with Gasteiger partial charge in [-0.15, -0.1) is 0 Å². The zero-order chi connectivity index (χ0) is 13.4. The largest absolute Gasteiger partial charge is 0.331 e. The Morgan fingerprint density at radius 2 is 1.89 bits per heavy atom. The number of nitrogens with one attached hydrogen (secondary N) is 1. The van der Waals surface area contributed by atoms with Gasteiger partial charge in [-0.2, -0.15) is 0 Å². The van der Waals surface area contributed by atoms with Crippen LogP contribution < -0.4 is 5.32 Å². The molecular weight excluding hydrogens is 320 g/mol. The first kappa shape index (κ1) is 12.6. The van der Waals surface area contributed by atoms with Crippen molar-refractivity contribution < 1.29 is 0 Å². The van der Waals surface area contributed by atoms with Crippen LogP contribution in [0.25, 0.3) is 10.2 Å². The first-order chi connectivity index (χ1) is 9.15. The van der Waals surface area contributed by atoms with Crippen LogP contribution in [0.2, 0.25) is 0 Å². The summed E-state index contributed by atoms with van der Waals surface area (Å²) in [7, 11) is 0. The molecule has 0 saturated carbocycles. The molecule has 1 heterocycles. The summed E-state index contributed by atoms with van der Waals surface area (Å²) in [6, 6.07) is 12.4. The summed E-state index contributed by atoms with van der Waals surface area (Å²) >= 11 is 5.23. The lowest BCUT2D eigenvalue weighted by Crippen LogP contribution is -1.92. The van der Waals surface area contributed by atoms with Gasteiger partial charge in [0.25, 0.3) is 0 Å². The number of hydrogen-bond donors (Lipinski definition) is 1. The topological polar surface area (TPSA) is 24.9 Å². The number of rotatable bonds is 2. The number of fused-ring (bicyclic) bond motifs is 1. The molecule has 0 amide bonds. The molecule has 0 aliphatic rings. The molecule has 2 nitrogen and oxygen atoms in total. The number of aromatic nitrogens is 1. The van der Waals surface area contributed by atoms with Crippen molar-refractivity contribution in [3.05, 3.63) is 52.0 Å². The lowest BCUT2D eigenvalue weighted by Gasteiger charge is -2.07. The molecule has 19 heavy (non-hydrogen) atoms. The Labute approximate surface area is 124 Å². The van der Waals surface area contributed by atoms with Crippen LogP contribution in [0.4, 0.5) is 10.8 Å². The van der Waals surface area contributed by atoms with E-state index in [1.54, 1.807) is 11.3 Å². The van der Waals surface area contributed by atoms with Crippen LogP contribution in [0.3, 0.4) is 0 Å². The summed E-state index contributed by atoms with van der Waals surface area (Å²) in [5.41, 5.74) is 4.58. The highest BCUT2D eigenvalue weighted by atomic mass is 79.9. The summed E-state index contributed by atoms with van der Waals surface area (Å²) in [6.45, 7) is 4.18. The molecule has 0 atom stereocenters. The maximum atomic E-state index is 4.67. The molecule has 0 spiro atoms. The average molecular weight is 333 g/mol. The third kappa shape index (κ3) is 2.38. The van der Waals surface area contributed by atoms with Crippen LogP contribution in [0.5, 0.6) is 0 Å². The highest BCUT2D eigenvalue weighted by Gasteiger charge is 2.07. The molecule has 3 aromatic rings. The second-order valence-corrected chi connectivity index (χ2v) is 6.36. The van der Waals surface area contributed by atoms with Crippen molar-refractivity contribution in [3.63, 3.8) is 0 Å². The van der Waals surface area contributed by atoms with Gasteiger partial charge in [0.15, 0.2) is 5.13 Å². The summed E-state index contributed by atoms with van der Waals surface area (Å²) < 4.78 is 2.32. The van der Waals surface area contributed by atoms with Gasteiger partial charge in [0.05, 0.1) is 10.2 Å². The monoisotopic (exact) mass is 332 g/mol. The second-order valence-electron chi connectivity index (χ2n) is 4.48. The lowest BCUT2D eigenvalue weighted by molar-refractivity contribution is 1.36. The van der Waals surface area contributed by atoms with Gasteiger partial charge in [-0.3, -0.25) is 0 Å². The fourth-order valence-corrected chi connectivity index (χ4v) is 3.32. The molecule has 0 unspecified atom stereocenters. The van der Waals surface area contributed by atoms with Crippen LogP contribution in [0, 0.1) is 13.8 Å². The van der Waals surface area contributed by atoms with Gasteiger partial charge in [-0.1, -0.05) is 45.5 Å². The predicted molar refractivity (Wildman–Crippen MR) is 86.5 cm³/mol. The van der Waals surface area contributed by atoms with Gasteiger partial charge < -0.3 is 5.32 Å². The van der Waals surface area contributed by atoms with Crippen molar-refractivity contribution in [2.75, 3.05) is 5.32 Å². The zero-order valence-corrected chi connectivity index (χ0v) is 13.1. The molecule has 0 bridgehead atoms. The maximum absolute atomic E-state index is 4.67. The number of benzene rings is 2. The van der Waals surface area contributed by atoms with Crippen LogP contribution in [0.15, 0.2) is 40.9 Å². The molecule has 3 rings (SSSR count). The highest BCUT2D eigenvalue weighted by molar-refractivity contribution is 9.10. The normalized spacial score (nSPS) is 10.9. The molecule has 1 aromatic heterocycles. The highest BCUT2D eigenvalue weighted by Crippen LogP contribution is 2.32. The van der Waals surface area contributed by atoms with E-state index in [0.29, 0.717) is 0 Å². The van der Waals surface area contributed by atoms with Crippen LogP contribution in [0.1, 0.15) is 11.1 Å². The van der Waals surface area contributed by atoms with Crippen molar-refractivity contribution in [2.24, 2.45) is 0 Å². The average Bonchev–Trinajstić information content (AvgIpc) is 2.79. The number of aryl methyl sites for hydroxylation is 1. The van der Waals surface area contributed by atoms with Crippen molar-refractivity contribution in [1.29, 1.82) is 0 Å². The van der Waals surface area contributed by atoms with E-state index in [4.69, 9.17) is 0 Å².